The number of nitrogens with zero attached hydrogens (tertiary/aromatic N) is 1. The molecule has 2 nitrogen and oxygen atoms in total. The monoisotopic (exact) mass is 262 g/mol. The Balaban J connectivity index is 2.10. The highest BCUT2D eigenvalue weighted by Gasteiger charge is 2.22. The average Bonchev–Trinajstić information content (AvgIpc) is 3.12. The van der Waals surface area contributed by atoms with Crippen LogP contribution in [0.5, 0.6) is 0 Å². The maximum Gasteiger partial charge on any atom is 0.0527 e. The molecular weight excluding hydrogens is 244 g/mol. The Bertz CT molecular complexity index is 609. The molecule has 0 atom stereocenters. The Hall–Kier alpha value is -0.990. The number of aryl methyl sites for hydroxylation is 3. The zero-order valence-electron chi connectivity index (χ0n) is 11.2. The van der Waals surface area contributed by atoms with Gasteiger partial charge in [0.05, 0.1) is 5.52 Å². The van der Waals surface area contributed by atoms with Crippen molar-refractivity contribution in [1.29, 1.82) is 0 Å². The molecule has 18 heavy (non-hydrogen) atoms. The van der Waals surface area contributed by atoms with Gasteiger partial charge in [-0.25, -0.2) is 0 Å². The molecule has 1 saturated carbocycles. The van der Waals surface area contributed by atoms with Gasteiger partial charge in [-0.2, -0.15) is 0 Å². The van der Waals surface area contributed by atoms with E-state index >= 15 is 0 Å². The van der Waals surface area contributed by atoms with Gasteiger partial charge in [-0.3, -0.25) is 0 Å². The van der Waals surface area contributed by atoms with Gasteiger partial charge in [-0.05, 0) is 43.9 Å². The maximum atomic E-state index is 6.23. The fourth-order valence-corrected chi connectivity index (χ4v) is 2.88. The summed E-state index contributed by atoms with van der Waals surface area (Å²) in [7, 11) is 2.14. The van der Waals surface area contributed by atoms with Crippen LogP contribution in [0.15, 0.2) is 12.1 Å². The van der Waals surface area contributed by atoms with Crippen LogP contribution >= 0.6 is 11.6 Å². The van der Waals surface area contributed by atoms with Crippen LogP contribution in [0.1, 0.15) is 29.7 Å². The van der Waals surface area contributed by atoms with E-state index in [9.17, 15) is 0 Å². The van der Waals surface area contributed by atoms with E-state index in [0.717, 1.165) is 17.6 Å². The molecular formula is C15H19ClN2. The fraction of sp³-hybridized carbons (Fsp3) is 0.467. The third kappa shape index (κ3) is 1.84. The first-order valence-electron chi connectivity index (χ1n) is 6.56. The number of nitrogens with one attached hydrogen (secondary N) is 1. The summed E-state index contributed by atoms with van der Waals surface area (Å²) in [5.74, 6) is 0. The van der Waals surface area contributed by atoms with Crippen molar-refractivity contribution in [3.63, 3.8) is 0 Å². The van der Waals surface area contributed by atoms with E-state index in [2.05, 4.69) is 36.8 Å². The van der Waals surface area contributed by atoms with Crippen molar-refractivity contribution in [2.75, 3.05) is 0 Å². The van der Waals surface area contributed by atoms with Crippen molar-refractivity contribution >= 4 is 22.5 Å². The number of benzene rings is 1. The van der Waals surface area contributed by atoms with Gasteiger partial charge in [0.1, 0.15) is 0 Å². The Kier molecular flexibility index (Phi) is 2.87. The van der Waals surface area contributed by atoms with Gasteiger partial charge in [-0.15, -0.1) is 0 Å². The molecule has 1 N–H and O–H groups in total. The average molecular weight is 263 g/mol. The summed E-state index contributed by atoms with van der Waals surface area (Å²) in [5, 5.41) is 5.77. The first kappa shape index (κ1) is 12.1. The Morgan fingerprint density at radius 2 is 2.00 bits per heavy atom. The molecule has 1 aromatic heterocycles. The zero-order valence-corrected chi connectivity index (χ0v) is 11.9. The van der Waals surface area contributed by atoms with Crippen LogP contribution in [0.2, 0.25) is 5.02 Å². The van der Waals surface area contributed by atoms with Crippen LogP contribution in [0.4, 0.5) is 0 Å². The molecule has 3 rings (SSSR count). The van der Waals surface area contributed by atoms with Crippen molar-refractivity contribution in [3.05, 3.63) is 34.0 Å². The first-order valence-corrected chi connectivity index (χ1v) is 6.93. The molecule has 1 heterocycles. The number of fused-ring (bicyclic) bond motifs is 1. The highest BCUT2D eigenvalue weighted by atomic mass is 35.5. The molecule has 96 valence electrons. The lowest BCUT2D eigenvalue weighted by Gasteiger charge is -2.08. The van der Waals surface area contributed by atoms with E-state index in [1.165, 1.54) is 40.6 Å². The van der Waals surface area contributed by atoms with Gasteiger partial charge in [-0.1, -0.05) is 17.7 Å². The summed E-state index contributed by atoms with van der Waals surface area (Å²) in [6, 6.07) is 4.89. The maximum absolute atomic E-state index is 6.23. The minimum Gasteiger partial charge on any atom is -0.346 e. The second-order valence-corrected chi connectivity index (χ2v) is 5.76. The molecule has 0 aliphatic heterocycles. The zero-order chi connectivity index (χ0) is 12.9. The molecule has 0 unspecified atom stereocenters. The third-order valence-electron chi connectivity index (χ3n) is 4.08. The van der Waals surface area contributed by atoms with Crippen molar-refractivity contribution < 1.29 is 0 Å². The standard InChI is InChI=1S/C15H19ClN2/c1-9-12-6-7-13(16)10(2)15(12)18(3)14(9)8-17-11-4-5-11/h6-7,11,17H,4-5,8H2,1-3H3. The Labute approximate surface area is 113 Å². The molecule has 3 heteroatoms. The van der Waals surface area contributed by atoms with Gasteiger partial charge in [0.15, 0.2) is 0 Å². The van der Waals surface area contributed by atoms with Gasteiger partial charge in [0.25, 0.3) is 0 Å². The predicted molar refractivity (Wildman–Crippen MR) is 77.3 cm³/mol. The fourth-order valence-electron chi connectivity index (χ4n) is 2.73. The van der Waals surface area contributed by atoms with Crippen LogP contribution in [0.25, 0.3) is 10.9 Å². The van der Waals surface area contributed by atoms with E-state index in [1.807, 2.05) is 6.07 Å². The normalized spacial score (nSPS) is 15.6. The van der Waals surface area contributed by atoms with Crippen LogP contribution in [0, 0.1) is 13.8 Å². The second kappa shape index (κ2) is 4.29. The molecule has 0 bridgehead atoms. The van der Waals surface area contributed by atoms with Gasteiger partial charge in [0, 0.05) is 35.7 Å². The number of hydrogen-bond acceptors (Lipinski definition) is 1. The molecule has 0 radical (unpaired) electrons. The summed E-state index contributed by atoms with van der Waals surface area (Å²) < 4.78 is 2.29. The van der Waals surface area contributed by atoms with Crippen LogP contribution in [0.3, 0.4) is 0 Å². The Morgan fingerprint density at radius 3 is 2.67 bits per heavy atom. The molecule has 0 spiro atoms. The topological polar surface area (TPSA) is 17.0 Å². The van der Waals surface area contributed by atoms with Crippen molar-refractivity contribution in [3.8, 4) is 0 Å². The van der Waals surface area contributed by atoms with Crippen molar-refractivity contribution in [1.82, 2.24) is 9.88 Å². The quantitative estimate of drug-likeness (QED) is 0.893. The molecule has 1 aliphatic carbocycles. The number of halogens is 1. The number of hydrogen-bond donors (Lipinski definition) is 1. The first-order chi connectivity index (χ1) is 8.59. The summed E-state index contributed by atoms with van der Waals surface area (Å²) in [4.78, 5) is 0. The number of aromatic nitrogens is 1. The molecule has 0 saturated heterocycles. The van der Waals surface area contributed by atoms with Gasteiger partial charge in [0.2, 0.25) is 0 Å². The van der Waals surface area contributed by atoms with Crippen molar-refractivity contribution in [2.45, 2.75) is 39.3 Å². The van der Waals surface area contributed by atoms with Crippen LogP contribution < -0.4 is 5.32 Å². The Morgan fingerprint density at radius 1 is 1.28 bits per heavy atom. The lowest BCUT2D eigenvalue weighted by Crippen LogP contribution is -2.18. The van der Waals surface area contributed by atoms with E-state index in [1.54, 1.807) is 0 Å². The highest BCUT2D eigenvalue weighted by molar-refractivity contribution is 6.32. The lowest BCUT2D eigenvalue weighted by molar-refractivity contribution is 0.652. The predicted octanol–water partition coefficient (Wildman–Crippen LogP) is 3.70. The van der Waals surface area contributed by atoms with Gasteiger partial charge < -0.3 is 9.88 Å². The van der Waals surface area contributed by atoms with E-state index in [4.69, 9.17) is 11.6 Å². The summed E-state index contributed by atoms with van der Waals surface area (Å²) in [6.45, 7) is 5.26. The van der Waals surface area contributed by atoms with Crippen LogP contribution in [-0.4, -0.2) is 10.6 Å². The third-order valence-corrected chi connectivity index (χ3v) is 4.49. The SMILES string of the molecule is Cc1c(CNC2CC2)n(C)c2c(C)c(Cl)ccc12. The summed E-state index contributed by atoms with van der Waals surface area (Å²) in [5.41, 5.74) is 5.20. The van der Waals surface area contributed by atoms with Crippen molar-refractivity contribution in [2.24, 2.45) is 7.05 Å². The molecule has 1 aromatic carbocycles. The minimum absolute atomic E-state index is 0.743. The summed E-state index contributed by atoms with van der Waals surface area (Å²) >= 11 is 6.23. The van der Waals surface area contributed by atoms with Crippen LogP contribution in [-0.2, 0) is 13.6 Å². The molecule has 2 aromatic rings. The highest BCUT2D eigenvalue weighted by Crippen LogP contribution is 2.31. The number of rotatable bonds is 3. The smallest absolute Gasteiger partial charge is 0.0527 e. The molecule has 0 amide bonds. The van der Waals surface area contributed by atoms with E-state index in [0.29, 0.717) is 0 Å². The minimum atomic E-state index is 0.743. The lowest BCUT2D eigenvalue weighted by atomic mass is 10.1. The van der Waals surface area contributed by atoms with E-state index in [-0.39, 0.29) is 0 Å². The second-order valence-electron chi connectivity index (χ2n) is 5.35. The summed E-state index contributed by atoms with van der Waals surface area (Å²) in [6.07, 6.45) is 2.65. The molecule has 1 aliphatic rings. The van der Waals surface area contributed by atoms with E-state index < -0.39 is 0 Å². The largest absolute Gasteiger partial charge is 0.346 e. The molecule has 1 fully saturated rings. The van der Waals surface area contributed by atoms with Gasteiger partial charge >= 0.3 is 0 Å².